The first kappa shape index (κ1) is 13.7. The minimum atomic E-state index is 0.202. The molecule has 5 heteroatoms. The maximum absolute atomic E-state index is 5.76. The molecular formula is C16H19N5. The van der Waals surface area contributed by atoms with Crippen LogP contribution in [-0.2, 0) is 0 Å². The van der Waals surface area contributed by atoms with Crippen LogP contribution in [0.5, 0.6) is 0 Å². The molecule has 2 aromatic rings. The van der Waals surface area contributed by atoms with E-state index in [1.54, 1.807) is 12.4 Å². The third kappa shape index (κ3) is 3.08. The molecule has 1 aromatic carbocycles. The molecule has 3 N–H and O–H groups in total. The molecular weight excluding hydrogens is 262 g/mol. The maximum atomic E-state index is 5.76. The highest BCUT2D eigenvalue weighted by atomic mass is 15.3. The fourth-order valence-corrected chi connectivity index (χ4v) is 2.67. The second kappa shape index (κ2) is 6.45. The van der Waals surface area contributed by atoms with E-state index in [0.717, 1.165) is 18.7 Å². The number of nitrogens with one attached hydrogen (secondary N) is 1. The standard InChI is InChI=1S/C16H19N5/c17-6-5-15(16-11-18-7-8-19-16)13-3-1-12(2-4-13)14-9-20-21-10-14/h1-4,7-9,11,14-15,21H,5-6,10,17H2. The first-order valence-corrected chi connectivity index (χ1v) is 7.20. The summed E-state index contributed by atoms with van der Waals surface area (Å²) in [6.45, 7) is 1.50. The third-order valence-electron chi connectivity index (χ3n) is 3.82. The highest BCUT2D eigenvalue weighted by Gasteiger charge is 2.17. The second-order valence-corrected chi connectivity index (χ2v) is 5.17. The molecule has 0 saturated heterocycles. The number of hydrogen-bond donors (Lipinski definition) is 2. The molecule has 0 radical (unpaired) electrons. The normalized spacial score (nSPS) is 18.4. The minimum Gasteiger partial charge on any atom is -0.330 e. The summed E-state index contributed by atoms with van der Waals surface area (Å²) in [4.78, 5) is 8.59. The van der Waals surface area contributed by atoms with Crippen LogP contribution in [0.3, 0.4) is 0 Å². The Balaban J connectivity index is 1.84. The van der Waals surface area contributed by atoms with Gasteiger partial charge >= 0.3 is 0 Å². The van der Waals surface area contributed by atoms with E-state index >= 15 is 0 Å². The lowest BCUT2D eigenvalue weighted by Gasteiger charge is -2.16. The number of rotatable bonds is 5. The predicted molar refractivity (Wildman–Crippen MR) is 83.2 cm³/mol. The zero-order chi connectivity index (χ0) is 14.5. The molecule has 1 aliphatic heterocycles. The quantitative estimate of drug-likeness (QED) is 0.873. The van der Waals surface area contributed by atoms with Gasteiger partial charge in [0, 0.05) is 43.2 Å². The summed E-state index contributed by atoms with van der Waals surface area (Å²) in [6.07, 6.45) is 8.06. The molecule has 0 fully saturated rings. The van der Waals surface area contributed by atoms with Crippen LogP contribution in [0.1, 0.15) is 35.1 Å². The van der Waals surface area contributed by atoms with Gasteiger partial charge in [-0.3, -0.25) is 9.97 Å². The summed E-state index contributed by atoms with van der Waals surface area (Å²) in [6, 6.07) is 8.66. The average molecular weight is 281 g/mol. The van der Waals surface area contributed by atoms with E-state index in [1.807, 2.05) is 12.4 Å². The van der Waals surface area contributed by atoms with E-state index in [4.69, 9.17) is 5.73 Å². The highest BCUT2D eigenvalue weighted by Crippen LogP contribution is 2.27. The third-order valence-corrected chi connectivity index (χ3v) is 3.82. The molecule has 3 rings (SSSR count). The Bertz CT molecular complexity index is 594. The fraction of sp³-hybridized carbons (Fsp3) is 0.312. The van der Waals surface area contributed by atoms with E-state index in [-0.39, 0.29) is 5.92 Å². The van der Waals surface area contributed by atoms with Gasteiger partial charge in [-0.05, 0) is 24.1 Å². The molecule has 0 amide bonds. The lowest BCUT2D eigenvalue weighted by atomic mass is 9.90. The Morgan fingerprint density at radius 2 is 2.10 bits per heavy atom. The van der Waals surface area contributed by atoms with E-state index in [2.05, 4.69) is 44.8 Å². The molecule has 21 heavy (non-hydrogen) atoms. The summed E-state index contributed by atoms with van der Waals surface area (Å²) in [7, 11) is 0. The second-order valence-electron chi connectivity index (χ2n) is 5.17. The van der Waals surface area contributed by atoms with Crippen LogP contribution >= 0.6 is 0 Å². The van der Waals surface area contributed by atoms with Crippen LogP contribution in [0.4, 0.5) is 0 Å². The Kier molecular flexibility index (Phi) is 4.21. The first-order chi connectivity index (χ1) is 10.4. The Hall–Kier alpha value is -2.27. The van der Waals surface area contributed by atoms with Crippen LogP contribution < -0.4 is 11.2 Å². The molecule has 2 unspecified atom stereocenters. The maximum Gasteiger partial charge on any atom is 0.0661 e. The lowest BCUT2D eigenvalue weighted by Crippen LogP contribution is -2.11. The van der Waals surface area contributed by atoms with Crippen molar-refractivity contribution >= 4 is 6.21 Å². The molecule has 108 valence electrons. The SMILES string of the molecule is NCCC(c1ccc(C2C=NNC2)cc1)c1cnccn1. The van der Waals surface area contributed by atoms with E-state index in [1.165, 1.54) is 11.1 Å². The first-order valence-electron chi connectivity index (χ1n) is 7.20. The molecule has 1 aliphatic rings. The number of hydrogen-bond acceptors (Lipinski definition) is 5. The van der Waals surface area contributed by atoms with Crippen LogP contribution in [-0.4, -0.2) is 29.3 Å². The molecule has 2 atom stereocenters. The monoisotopic (exact) mass is 281 g/mol. The Morgan fingerprint density at radius 3 is 2.71 bits per heavy atom. The van der Waals surface area contributed by atoms with Crippen molar-refractivity contribution in [1.82, 2.24) is 15.4 Å². The number of nitrogens with two attached hydrogens (primary N) is 1. The fourth-order valence-electron chi connectivity index (χ4n) is 2.67. The largest absolute Gasteiger partial charge is 0.330 e. The predicted octanol–water partition coefficient (Wildman–Crippen LogP) is 1.63. The van der Waals surface area contributed by atoms with Gasteiger partial charge in [-0.15, -0.1) is 0 Å². The van der Waals surface area contributed by atoms with Crippen molar-refractivity contribution in [1.29, 1.82) is 0 Å². The summed E-state index contributed by atoms with van der Waals surface area (Å²) < 4.78 is 0. The molecule has 0 saturated carbocycles. The van der Waals surface area contributed by atoms with E-state index in [9.17, 15) is 0 Å². The molecule has 5 nitrogen and oxygen atoms in total. The zero-order valence-corrected chi connectivity index (χ0v) is 11.8. The van der Waals surface area contributed by atoms with Crippen LogP contribution in [0.15, 0.2) is 48.0 Å². The van der Waals surface area contributed by atoms with Gasteiger partial charge in [-0.25, -0.2) is 0 Å². The van der Waals surface area contributed by atoms with E-state index in [0.29, 0.717) is 12.5 Å². The van der Waals surface area contributed by atoms with Crippen molar-refractivity contribution in [2.45, 2.75) is 18.3 Å². The number of hydrazone groups is 1. The topological polar surface area (TPSA) is 76.2 Å². The summed E-state index contributed by atoms with van der Waals surface area (Å²) in [5, 5.41) is 4.07. The van der Waals surface area contributed by atoms with Crippen molar-refractivity contribution in [2.75, 3.05) is 13.1 Å². The van der Waals surface area contributed by atoms with Crippen molar-refractivity contribution < 1.29 is 0 Å². The van der Waals surface area contributed by atoms with Crippen molar-refractivity contribution in [2.24, 2.45) is 10.8 Å². The molecule has 2 heterocycles. The zero-order valence-electron chi connectivity index (χ0n) is 11.8. The summed E-state index contributed by atoms with van der Waals surface area (Å²) >= 11 is 0. The smallest absolute Gasteiger partial charge is 0.0661 e. The number of benzene rings is 1. The van der Waals surface area contributed by atoms with Crippen molar-refractivity contribution in [3.05, 3.63) is 59.7 Å². The van der Waals surface area contributed by atoms with Gasteiger partial charge in [0.1, 0.15) is 0 Å². The van der Waals surface area contributed by atoms with Crippen molar-refractivity contribution in [3.63, 3.8) is 0 Å². The molecule has 0 spiro atoms. The van der Waals surface area contributed by atoms with Crippen LogP contribution in [0, 0.1) is 0 Å². The van der Waals surface area contributed by atoms with Crippen LogP contribution in [0.25, 0.3) is 0 Å². The van der Waals surface area contributed by atoms with Gasteiger partial charge in [0.2, 0.25) is 0 Å². The minimum absolute atomic E-state index is 0.202. The highest BCUT2D eigenvalue weighted by molar-refractivity contribution is 5.69. The summed E-state index contributed by atoms with van der Waals surface area (Å²) in [5.41, 5.74) is 12.2. The average Bonchev–Trinajstić information content (AvgIpc) is 3.08. The lowest BCUT2D eigenvalue weighted by molar-refractivity contribution is 0.700. The van der Waals surface area contributed by atoms with Gasteiger partial charge in [-0.1, -0.05) is 24.3 Å². The number of nitrogens with zero attached hydrogens (tertiary/aromatic N) is 3. The number of aromatic nitrogens is 2. The molecule has 1 aromatic heterocycles. The van der Waals surface area contributed by atoms with Gasteiger partial charge in [0.05, 0.1) is 5.69 Å². The van der Waals surface area contributed by atoms with Gasteiger partial charge in [-0.2, -0.15) is 5.10 Å². The Labute approximate surface area is 124 Å². The Morgan fingerprint density at radius 1 is 1.24 bits per heavy atom. The van der Waals surface area contributed by atoms with Gasteiger partial charge in [0.25, 0.3) is 0 Å². The van der Waals surface area contributed by atoms with Gasteiger partial charge in [0.15, 0.2) is 0 Å². The van der Waals surface area contributed by atoms with Gasteiger partial charge < -0.3 is 11.2 Å². The van der Waals surface area contributed by atoms with E-state index < -0.39 is 0 Å². The molecule has 0 bridgehead atoms. The molecule has 0 aliphatic carbocycles. The van der Waals surface area contributed by atoms with Crippen molar-refractivity contribution in [3.8, 4) is 0 Å². The summed E-state index contributed by atoms with van der Waals surface area (Å²) in [5.74, 6) is 0.566. The van der Waals surface area contributed by atoms with Crippen LogP contribution in [0.2, 0.25) is 0 Å².